The quantitative estimate of drug-likeness (QED) is 0.617. The minimum atomic E-state index is -0.452. The van der Waals surface area contributed by atoms with Crippen LogP contribution >= 0.6 is 15.9 Å². The lowest BCUT2D eigenvalue weighted by Crippen LogP contribution is -2.20. The highest BCUT2D eigenvalue weighted by molar-refractivity contribution is 9.10. The summed E-state index contributed by atoms with van der Waals surface area (Å²) < 4.78 is 11.9. The van der Waals surface area contributed by atoms with E-state index in [1.807, 2.05) is 13.0 Å². The molecule has 100 valence electrons. The van der Waals surface area contributed by atoms with Crippen LogP contribution in [0.15, 0.2) is 15.5 Å². The van der Waals surface area contributed by atoms with Crippen molar-refractivity contribution < 1.29 is 14.3 Å². The molecular formula is C14H14BrNO3. The summed E-state index contributed by atoms with van der Waals surface area (Å²) in [5.41, 5.74) is 1.55. The number of rotatable bonds is 2. The summed E-state index contributed by atoms with van der Waals surface area (Å²) >= 11 is 3.62. The number of isocyanates is 1. The van der Waals surface area contributed by atoms with Gasteiger partial charge in [0.25, 0.3) is 0 Å². The first kappa shape index (κ1) is 12.7. The fraction of sp³-hybridized carbons (Fsp3) is 0.500. The summed E-state index contributed by atoms with van der Waals surface area (Å²) in [4.78, 5) is 14.9. The minimum Gasteiger partial charge on any atom is -0.454 e. The number of carbonyl (C=O) groups excluding carboxylic acids is 1. The van der Waals surface area contributed by atoms with E-state index in [0.29, 0.717) is 0 Å². The van der Waals surface area contributed by atoms with E-state index < -0.39 is 5.54 Å². The van der Waals surface area contributed by atoms with Crippen LogP contribution in [0.1, 0.15) is 36.8 Å². The Kier molecular flexibility index (Phi) is 3.11. The van der Waals surface area contributed by atoms with Gasteiger partial charge in [0, 0.05) is 10.0 Å². The Morgan fingerprint density at radius 2 is 2.11 bits per heavy atom. The van der Waals surface area contributed by atoms with Crippen LogP contribution in [0.4, 0.5) is 0 Å². The zero-order valence-corrected chi connectivity index (χ0v) is 12.2. The fourth-order valence-corrected chi connectivity index (χ4v) is 3.68. The molecule has 5 heteroatoms. The van der Waals surface area contributed by atoms with Gasteiger partial charge in [-0.3, -0.25) is 0 Å². The van der Waals surface area contributed by atoms with Crippen molar-refractivity contribution in [3.05, 3.63) is 21.7 Å². The third-order valence-electron chi connectivity index (χ3n) is 4.01. The first-order chi connectivity index (χ1) is 9.18. The molecule has 0 amide bonds. The third-order valence-corrected chi connectivity index (χ3v) is 5.04. The topological polar surface area (TPSA) is 47.9 Å². The molecule has 0 N–H and O–H groups in total. The number of fused-ring (bicyclic) bond motifs is 1. The number of benzene rings is 1. The molecule has 1 fully saturated rings. The van der Waals surface area contributed by atoms with E-state index in [0.717, 1.165) is 52.8 Å². The zero-order valence-electron chi connectivity index (χ0n) is 10.7. The molecule has 1 aromatic rings. The molecule has 4 nitrogen and oxygen atoms in total. The molecule has 1 saturated carbocycles. The SMILES string of the molecule is Cc1c(Br)c(C2(N=C=O)CCCC2)cc2c1OCO2. The van der Waals surface area contributed by atoms with Crippen LogP contribution in [0, 0.1) is 6.92 Å². The van der Waals surface area contributed by atoms with E-state index in [9.17, 15) is 4.79 Å². The van der Waals surface area contributed by atoms with E-state index in [2.05, 4.69) is 20.9 Å². The Balaban J connectivity index is 2.19. The summed E-state index contributed by atoms with van der Waals surface area (Å²) in [6.07, 6.45) is 5.64. The van der Waals surface area contributed by atoms with Crippen molar-refractivity contribution in [3.63, 3.8) is 0 Å². The second-order valence-corrected chi connectivity index (χ2v) is 5.83. The fourth-order valence-electron chi connectivity index (χ4n) is 3.01. The molecule has 1 aromatic carbocycles. The Morgan fingerprint density at radius 3 is 2.79 bits per heavy atom. The summed E-state index contributed by atoms with van der Waals surface area (Å²) in [6.45, 7) is 2.23. The summed E-state index contributed by atoms with van der Waals surface area (Å²) in [6, 6.07) is 1.95. The summed E-state index contributed by atoms with van der Waals surface area (Å²) in [7, 11) is 0. The lowest BCUT2D eigenvalue weighted by molar-refractivity contribution is 0.173. The summed E-state index contributed by atoms with van der Waals surface area (Å²) in [5.74, 6) is 1.52. The molecule has 19 heavy (non-hydrogen) atoms. The Morgan fingerprint density at radius 1 is 1.37 bits per heavy atom. The van der Waals surface area contributed by atoms with Crippen molar-refractivity contribution in [2.45, 2.75) is 38.1 Å². The number of hydrogen-bond acceptors (Lipinski definition) is 4. The maximum Gasteiger partial charge on any atom is 0.235 e. The third kappa shape index (κ3) is 1.88. The lowest BCUT2D eigenvalue weighted by atomic mass is 9.87. The van der Waals surface area contributed by atoms with Crippen LogP contribution in [0.2, 0.25) is 0 Å². The van der Waals surface area contributed by atoms with Gasteiger partial charge in [-0.15, -0.1) is 0 Å². The molecule has 0 atom stereocenters. The van der Waals surface area contributed by atoms with E-state index >= 15 is 0 Å². The normalized spacial score (nSPS) is 19.3. The van der Waals surface area contributed by atoms with Gasteiger partial charge in [-0.25, -0.2) is 4.79 Å². The molecule has 0 radical (unpaired) electrons. The van der Waals surface area contributed by atoms with Crippen molar-refractivity contribution in [3.8, 4) is 11.5 Å². The standard InChI is InChI=1S/C14H14BrNO3/c1-9-12(15)10(6-11-13(9)19-8-18-11)14(16-7-17)4-2-3-5-14/h6H,2-5,8H2,1H3. The smallest absolute Gasteiger partial charge is 0.235 e. The lowest BCUT2D eigenvalue weighted by Gasteiger charge is -2.25. The molecular weight excluding hydrogens is 310 g/mol. The van der Waals surface area contributed by atoms with Crippen LogP contribution in [0.25, 0.3) is 0 Å². The van der Waals surface area contributed by atoms with Gasteiger partial charge in [-0.1, -0.05) is 28.8 Å². The molecule has 1 heterocycles. The first-order valence-electron chi connectivity index (χ1n) is 6.36. The highest BCUT2D eigenvalue weighted by Crippen LogP contribution is 2.50. The number of halogens is 1. The largest absolute Gasteiger partial charge is 0.454 e. The number of aliphatic imine (C=N–C) groups is 1. The average Bonchev–Trinajstić information content (AvgIpc) is 3.03. The van der Waals surface area contributed by atoms with Crippen LogP contribution < -0.4 is 9.47 Å². The Bertz CT molecular complexity index is 573. The predicted molar refractivity (Wildman–Crippen MR) is 73.3 cm³/mol. The predicted octanol–water partition coefficient (Wildman–Crippen LogP) is 3.59. The number of ether oxygens (including phenoxy) is 2. The van der Waals surface area contributed by atoms with Crippen molar-refractivity contribution >= 4 is 22.0 Å². The van der Waals surface area contributed by atoms with Crippen molar-refractivity contribution in [2.75, 3.05) is 6.79 Å². The average molecular weight is 324 g/mol. The van der Waals surface area contributed by atoms with E-state index in [1.165, 1.54) is 0 Å². The Labute approximate surface area is 119 Å². The van der Waals surface area contributed by atoms with Crippen molar-refractivity contribution in [2.24, 2.45) is 4.99 Å². The van der Waals surface area contributed by atoms with Crippen LogP contribution in [0.5, 0.6) is 11.5 Å². The molecule has 3 rings (SSSR count). The van der Waals surface area contributed by atoms with E-state index in [1.54, 1.807) is 6.08 Å². The molecule has 2 aliphatic rings. The molecule has 0 saturated heterocycles. The number of nitrogens with zero attached hydrogens (tertiary/aromatic N) is 1. The molecule has 1 aliphatic carbocycles. The van der Waals surface area contributed by atoms with Crippen LogP contribution in [0.3, 0.4) is 0 Å². The molecule has 0 unspecified atom stereocenters. The minimum absolute atomic E-state index is 0.246. The second-order valence-electron chi connectivity index (χ2n) is 5.04. The van der Waals surface area contributed by atoms with Gasteiger partial charge in [0.2, 0.25) is 12.9 Å². The van der Waals surface area contributed by atoms with Crippen molar-refractivity contribution in [1.82, 2.24) is 0 Å². The van der Waals surface area contributed by atoms with Gasteiger partial charge in [-0.2, -0.15) is 4.99 Å². The van der Waals surface area contributed by atoms with Crippen molar-refractivity contribution in [1.29, 1.82) is 0 Å². The van der Waals surface area contributed by atoms with Crippen LogP contribution in [-0.4, -0.2) is 12.9 Å². The monoisotopic (exact) mass is 323 g/mol. The first-order valence-corrected chi connectivity index (χ1v) is 7.15. The van der Waals surface area contributed by atoms with E-state index in [-0.39, 0.29) is 6.79 Å². The zero-order chi connectivity index (χ0) is 13.5. The van der Waals surface area contributed by atoms with Gasteiger partial charge in [0.05, 0.1) is 5.54 Å². The van der Waals surface area contributed by atoms with Gasteiger partial charge in [0.1, 0.15) is 0 Å². The van der Waals surface area contributed by atoms with Crippen LogP contribution in [-0.2, 0) is 10.3 Å². The molecule has 0 spiro atoms. The maximum absolute atomic E-state index is 10.8. The molecule has 1 aliphatic heterocycles. The van der Waals surface area contributed by atoms with Gasteiger partial charge in [-0.05, 0) is 31.4 Å². The van der Waals surface area contributed by atoms with Gasteiger partial charge < -0.3 is 9.47 Å². The summed E-state index contributed by atoms with van der Waals surface area (Å²) in [5, 5.41) is 0. The number of hydrogen-bond donors (Lipinski definition) is 0. The van der Waals surface area contributed by atoms with Gasteiger partial charge >= 0.3 is 0 Å². The van der Waals surface area contributed by atoms with E-state index in [4.69, 9.17) is 9.47 Å². The Hall–Kier alpha value is -1.32. The second kappa shape index (κ2) is 4.66. The molecule has 0 aromatic heterocycles. The maximum atomic E-state index is 10.8. The van der Waals surface area contributed by atoms with Gasteiger partial charge in [0.15, 0.2) is 11.5 Å². The highest BCUT2D eigenvalue weighted by atomic mass is 79.9. The highest BCUT2D eigenvalue weighted by Gasteiger charge is 2.39. The molecule has 0 bridgehead atoms.